The van der Waals surface area contributed by atoms with E-state index in [4.69, 9.17) is 11.6 Å². The molecule has 0 aromatic carbocycles. The number of rotatable bonds is 2. The van der Waals surface area contributed by atoms with E-state index in [9.17, 15) is 0 Å². The SMILES string of the molecule is Clc1nnc(CN2CCNCC2)s1. The molecule has 2 heterocycles. The molecule has 0 unspecified atom stereocenters. The molecule has 13 heavy (non-hydrogen) atoms. The monoisotopic (exact) mass is 218 g/mol. The predicted molar refractivity (Wildman–Crippen MR) is 53.1 cm³/mol. The first-order chi connectivity index (χ1) is 6.34. The van der Waals surface area contributed by atoms with Crippen molar-refractivity contribution in [3.8, 4) is 0 Å². The zero-order chi connectivity index (χ0) is 9.10. The Morgan fingerprint density at radius 3 is 2.77 bits per heavy atom. The Labute approximate surface area is 85.9 Å². The molecule has 2 rings (SSSR count). The summed E-state index contributed by atoms with van der Waals surface area (Å²) in [5.74, 6) is 0. The highest BCUT2D eigenvalue weighted by atomic mass is 35.5. The minimum absolute atomic E-state index is 0.533. The Hall–Kier alpha value is -0.230. The van der Waals surface area contributed by atoms with E-state index in [2.05, 4.69) is 20.4 Å². The van der Waals surface area contributed by atoms with Gasteiger partial charge in [-0.25, -0.2) is 0 Å². The van der Waals surface area contributed by atoms with Gasteiger partial charge in [0.05, 0.1) is 6.54 Å². The topological polar surface area (TPSA) is 41.1 Å². The fraction of sp³-hybridized carbons (Fsp3) is 0.714. The molecule has 0 aliphatic carbocycles. The van der Waals surface area contributed by atoms with Crippen LogP contribution in [0.15, 0.2) is 0 Å². The van der Waals surface area contributed by atoms with E-state index >= 15 is 0 Å². The van der Waals surface area contributed by atoms with E-state index in [0.29, 0.717) is 4.47 Å². The fourth-order valence-electron chi connectivity index (χ4n) is 1.36. The second kappa shape index (κ2) is 4.32. The van der Waals surface area contributed by atoms with Crippen LogP contribution in [0.3, 0.4) is 0 Å². The van der Waals surface area contributed by atoms with Crippen LogP contribution in [0.5, 0.6) is 0 Å². The summed E-state index contributed by atoms with van der Waals surface area (Å²) >= 11 is 7.15. The van der Waals surface area contributed by atoms with Gasteiger partial charge in [0.1, 0.15) is 5.01 Å². The van der Waals surface area contributed by atoms with Gasteiger partial charge in [-0.1, -0.05) is 11.3 Å². The van der Waals surface area contributed by atoms with Crippen molar-refractivity contribution in [2.75, 3.05) is 26.2 Å². The number of halogens is 1. The molecule has 1 saturated heterocycles. The summed E-state index contributed by atoms with van der Waals surface area (Å²) in [5, 5.41) is 12.1. The lowest BCUT2D eigenvalue weighted by Gasteiger charge is -2.25. The first-order valence-electron chi connectivity index (χ1n) is 4.25. The maximum atomic E-state index is 5.69. The largest absolute Gasteiger partial charge is 0.314 e. The van der Waals surface area contributed by atoms with Crippen LogP contribution in [0.25, 0.3) is 0 Å². The molecule has 1 aromatic rings. The molecule has 4 nitrogen and oxygen atoms in total. The molecule has 1 N–H and O–H groups in total. The lowest BCUT2D eigenvalue weighted by molar-refractivity contribution is 0.232. The quantitative estimate of drug-likeness (QED) is 0.790. The van der Waals surface area contributed by atoms with Crippen molar-refractivity contribution in [1.82, 2.24) is 20.4 Å². The van der Waals surface area contributed by atoms with E-state index in [1.54, 1.807) is 0 Å². The van der Waals surface area contributed by atoms with Gasteiger partial charge in [-0.05, 0) is 11.6 Å². The molecule has 6 heteroatoms. The summed E-state index contributed by atoms with van der Waals surface area (Å²) in [6.45, 7) is 5.17. The lowest BCUT2D eigenvalue weighted by Crippen LogP contribution is -2.42. The molecule has 0 radical (unpaired) electrons. The number of nitrogens with one attached hydrogen (secondary N) is 1. The van der Waals surface area contributed by atoms with Crippen molar-refractivity contribution in [1.29, 1.82) is 0 Å². The molecule has 0 saturated carbocycles. The normalized spacial score (nSPS) is 19.2. The van der Waals surface area contributed by atoms with Crippen LogP contribution in [0, 0.1) is 0 Å². The molecule has 0 bridgehead atoms. The maximum absolute atomic E-state index is 5.69. The molecule has 1 fully saturated rings. The minimum atomic E-state index is 0.533. The Kier molecular flexibility index (Phi) is 3.10. The van der Waals surface area contributed by atoms with Crippen LogP contribution in [-0.2, 0) is 6.54 Å². The predicted octanol–water partition coefficient (Wildman–Crippen LogP) is 0.597. The average Bonchev–Trinajstić information content (AvgIpc) is 2.53. The molecule has 1 aromatic heterocycles. The van der Waals surface area contributed by atoms with E-state index in [1.165, 1.54) is 11.3 Å². The molecular formula is C7H11ClN4S. The third kappa shape index (κ3) is 2.60. The summed E-state index contributed by atoms with van der Waals surface area (Å²) in [6, 6.07) is 0. The molecule has 0 amide bonds. The molecule has 72 valence electrons. The highest BCUT2D eigenvalue weighted by Crippen LogP contribution is 2.16. The molecule has 1 aliphatic rings. The second-order valence-electron chi connectivity index (χ2n) is 2.97. The Morgan fingerprint density at radius 1 is 1.38 bits per heavy atom. The first-order valence-corrected chi connectivity index (χ1v) is 5.45. The van der Waals surface area contributed by atoms with Crippen LogP contribution < -0.4 is 5.32 Å². The minimum Gasteiger partial charge on any atom is -0.314 e. The lowest BCUT2D eigenvalue weighted by atomic mass is 10.4. The zero-order valence-corrected chi connectivity index (χ0v) is 8.74. The summed E-state index contributed by atoms with van der Waals surface area (Å²) in [5.41, 5.74) is 0. The summed E-state index contributed by atoms with van der Waals surface area (Å²) in [6.07, 6.45) is 0. The Morgan fingerprint density at radius 2 is 2.15 bits per heavy atom. The fourth-order valence-corrected chi connectivity index (χ4v) is 2.27. The van der Waals surface area contributed by atoms with Crippen molar-refractivity contribution in [2.45, 2.75) is 6.54 Å². The Balaban J connectivity index is 1.89. The number of aromatic nitrogens is 2. The van der Waals surface area contributed by atoms with Crippen molar-refractivity contribution in [3.05, 3.63) is 9.47 Å². The van der Waals surface area contributed by atoms with Gasteiger partial charge in [0.15, 0.2) is 0 Å². The van der Waals surface area contributed by atoms with Crippen molar-refractivity contribution in [2.24, 2.45) is 0 Å². The molecule has 0 spiro atoms. The first kappa shape index (κ1) is 9.33. The van der Waals surface area contributed by atoms with Gasteiger partial charge >= 0.3 is 0 Å². The number of hydrogen-bond acceptors (Lipinski definition) is 5. The standard InChI is InChI=1S/C7H11ClN4S/c8-7-11-10-6(13-7)5-12-3-1-9-2-4-12/h9H,1-5H2. The van der Waals surface area contributed by atoms with Crippen LogP contribution >= 0.6 is 22.9 Å². The molecule has 1 aliphatic heterocycles. The van der Waals surface area contributed by atoms with Gasteiger partial charge in [-0.3, -0.25) is 4.90 Å². The van der Waals surface area contributed by atoms with Gasteiger partial charge in [0.25, 0.3) is 0 Å². The number of piperazine rings is 1. The third-order valence-corrected chi connectivity index (χ3v) is 3.01. The van der Waals surface area contributed by atoms with Crippen LogP contribution in [0.1, 0.15) is 5.01 Å². The van der Waals surface area contributed by atoms with Crippen molar-refractivity contribution >= 4 is 22.9 Å². The highest BCUT2D eigenvalue weighted by molar-refractivity contribution is 7.15. The number of nitrogens with zero attached hydrogens (tertiary/aromatic N) is 3. The molecular weight excluding hydrogens is 208 g/mol. The smallest absolute Gasteiger partial charge is 0.207 e. The Bertz CT molecular complexity index is 271. The van der Waals surface area contributed by atoms with Crippen LogP contribution in [-0.4, -0.2) is 41.3 Å². The van der Waals surface area contributed by atoms with Gasteiger partial charge in [-0.15, -0.1) is 10.2 Å². The summed E-state index contributed by atoms with van der Waals surface area (Å²) in [4.78, 5) is 2.35. The van der Waals surface area contributed by atoms with Crippen LogP contribution in [0.4, 0.5) is 0 Å². The van der Waals surface area contributed by atoms with Crippen molar-refractivity contribution in [3.63, 3.8) is 0 Å². The van der Waals surface area contributed by atoms with E-state index in [1.807, 2.05) is 0 Å². The summed E-state index contributed by atoms with van der Waals surface area (Å²) < 4.78 is 0.533. The van der Waals surface area contributed by atoms with Crippen molar-refractivity contribution < 1.29 is 0 Å². The van der Waals surface area contributed by atoms with E-state index in [0.717, 1.165) is 37.7 Å². The van der Waals surface area contributed by atoms with Gasteiger partial charge in [0.2, 0.25) is 4.47 Å². The van der Waals surface area contributed by atoms with E-state index in [-0.39, 0.29) is 0 Å². The summed E-state index contributed by atoms with van der Waals surface area (Å²) in [7, 11) is 0. The zero-order valence-electron chi connectivity index (χ0n) is 7.16. The number of hydrogen-bond donors (Lipinski definition) is 1. The van der Waals surface area contributed by atoms with Crippen LogP contribution in [0.2, 0.25) is 4.47 Å². The molecule has 0 atom stereocenters. The third-order valence-electron chi connectivity index (χ3n) is 2.01. The average molecular weight is 219 g/mol. The second-order valence-corrected chi connectivity index (χ2v) is 4.62. The van der Waals surface area contributed by atoms with Gasteiger partial charge in [0, 0.05) is 26.2 Å². The maximum Gasteiger partial charge on any atom is 0.207 e. The highest BCUT2D eigenvalue weighted by Gasteiger charge is 2.12. The van der Waals surface area contributed by atoms with E-state index < -0.39 is 0 Å². The van der Waals surface area contributed by atoms with Gasteiger partial charge < -0.3 is 5.32 Å². The van der Waals surface area contributed by atoms with Gasteiger partial charge in [-0.2, -0.15) is 0 Å².